The van der Waals surface area contributed by atoms with E-state index in [-0.39, 0.29) is 0 Å². The fraction of sp³-hybridized carbons (Fsp3) is 0.133. The lowest BCUT2D eigenvalue weighted by atomic mass is 9.95. The van der Waals surface area contributed by atoms with Gasteiger partial charge in [0.25, 0.3) is 0 Å². The number of alkyl halides is 1. The predicted octanol–water partition coefficient (Wildman–Crippen LogP) is 4.01. The quantitative estimate of drug-likeness (QED) is 0.745. The van der Waals surface area contributed by atoms with Gasteiger partial charge in [-0.1, -0.05) is 34.1 Å². The molecule has 3 heteroatoms. The maximum atomic E-state index is 8.91. The largest absolute Gasteiger partial charge is 0.488 e. The average molecular weight is 300 g/mol. The topological polar surface area (TPSA) is 33.0 Å². The van der Waals surface area contributed by atoms with Crippen molar-refractivity contribution in [3.8, 4) is 22.9 Å². The van der Waals surface area contributed by atoms with E-state index in [1.807, 2.05) is 18.2 Å². The van der Waals surface area contributed by atoms with Crippen LogP contribution in [0.3, 0.4) is 0 Å². The summed E-state index contributed by atoms with van der Waals surface area (Å²) in [6.45, 7) is 0.531. The molecule has 2 aromatic rings. The minimum absolute atomic E-state index is 0.531. The molecular formula is C15H10BrNO. The van der Waals surface area contributed by atoms with Crippen LogP contribution in [0, 0.1) is 11.3 Å². The number of nitrogens with zero attached hydrogens (tertiary/aromatic N) is 1. The van der Waals surface area contributed by atoms with E-state index in [0.29, 0.717) is 12.2 Å². The first-order valence-corrected chi connectivity index (χ1v) is 6.79. The van der Waals surface area contributed by atoms with E-state index >= 15 is 0 Å². The Morgan fingerprint density at radius 3 is 2.78 bits per heavy atom. The lowest BCUT2D eigenvalue weighted by molar-refractivity contribution is 0.302. The Morgan fingerprint density at radius 2 is 2.00 bits per heavy atom. The third-order valence-corrected chi connectivity index (χ3v) is 3.76. The third kappa shape index (κ3) is 1.79. The van der Waals surface area contributed by atoms with Crippen molar-refractivity contribution in [2.45, 2.75) is 11.9 Å². The summed E-state index contributed by atoms with van der Waals surface area (Å²) >= 11 is 3.44. The standard InChI is InChI=1S/C15H10BrNO/c16-7-10-1-4-14-13-3-2-11(8-17)5-12(13)9-18-15(14)6-10/h1-6H,7,9H2. The second-order valence-electron chi connectivity index (χ2n) is 4.24. The van der Waals surface area contributed by atoms with Gasteiger partial charge in [-0.05, 0) is 34.9 Å². The van der Waals surface area contributed by atoms with Crippen LogP contribution in [0.25, 0.3) is 11.1 Å². The van der Waals surface area contributed by atoms with E-state index in [2.05, 4.69) is 40.2 Å². The Hall–Kier alpha value is -1.79. The molecule has 1 aliphatic rings. The van der Waals surface area contributed by atoms with Gasteiger partial charge in [-0.2, -0.15) is 5.26 Å². The van der Waals surface area contributed by atoms with E-state index in [1.165, 1.54) is 5.56 Å². The van der Waals surface area contributed by atoms with E-state index in [1.54, 1.807) is 0 Å². The monoisotopic (exact) mass is 299 g/mol. The minimum atomic E-state index is 0.531. The van der Waals surface area contributed by atoms with Gasteiger partial charge in [-0.15, -0.1) is 0 Å². The van der Waals surface area contributed by atoms with Gasteiger partial charge < -0.3 is 4.74 Å². The highest BCUT2D eigenvalue weighted by Gasteiger charge is 2.17. The summed E-state index contributed by atoms with van der Waals surface area (Å²) in [5.74, 6) is 0.921. The van der Waals surface area contributed by atoms with Crippen LogP contribution in [0.15, 0.2) is 36.4 Å². The molecule has 2 aromatic carbocycles. The van der Waals surface area contributed by atoms with Crippen LogP contribution in [0.4, 0.5) is 0 Å². The molecule has 3 rings (SSSR count). The lowest BCUT2D eigenvalue weighted by Gasteiger charge is -2.21. The summed E-state index contributed by atoms with van der Waals surface area (Å²) in [6, 6.07) is 14.1. The molecule has 2 nitrogen and oxygen atoms in total. The molecule has 0 N–H and O–H groups in total. The predicted molar refractivity (Wildman–Crippen MR) is 73.6 cm³/mol. The van der Waals surface area contributed by atoms with Crippen molar-refractivity contribution in [1.29, 1.82) is 5.26 Å². The van der Waals surface area contributed by atoms with Gasteiger partial charge in [0, 0.05) is 10.9 Å². The van der Waals surface area contributed by atoms with Gasteiger partial charge in [0.1, 0.15) is 12.4 Å². The fourth-order valence-electron chi connectivity index (χ4n) is 2.19. The zero-order chi connectivity index (χ0) is 12.5. The smallest absolute Gasteiger partial charge is 0.127 e. The molecule has 0 aliphatic carbocycles. The van der Waals surface area contributed by atoms with Gasteiger partial charge in [0.2, 0.25) is 0 Å². The summed E-state index contributed by atoms with van der Waals surface area (Å²) < 4.78 is 5.76. The Labute approximate surface area is 114 Å². The molecule has 0 saturated carbocycles. The molecular weight excluding hydrogens is 290 g/mol. The van der Waals surface area contributed by atoms with Gasteiger partial charge >= 0.3 is 0 Å². The first-order chi connectivity index (χ1) is 8.81. The Morgan fingerprint density at radius 1 is 1.17 bits per heavy atom. The summed E-state index contributed by atoms with van der Waals surface area (Å²) in [5.41, 5.74) is 5.22. The molecule has 0 radical (unpaired) electrons. The van der Waals surface area contributed by atoms with E-state index in [4.69, 9.17) is 10.00 Å². The van der Waals surface area contributed by atoms with Crippen LogP contribution >= 0.6 is 15.9 Å². The molecule has 0 aromatic heterocycles. The van der Waals surface area contributed by atoms with E-state index in [9.17, 15) is 0 Å². The van der Waals surface area contributed by atoms with Crippen molar-refractivity contribution in [3.63, 3.8) is 0 Å². The molecule has 0 spiro atoms. The molecule has 0 bridgehead atoms. The molecule has 0 atom stereocenters. The molecule has 18 heavy (non-hydrogen) atoms. The van der Waals surface area contributed by atoms with Crippen LogP contribution < -0.4 is 4.74 Å². The molecule has 0 fully saturated rings. The Bertz CT molecular complexity index is 658. The van der Waals surface area contributed by atoms with E-state index in [0.717, 1.165) is 27.8 Å². The molecule has 0 saturated heterocycles. The number of rotatable bonds is 1. The van der Waals surface area contributed by atoms with Crippen LogP contribution in [0.2, 0.25) is 0 Å². The highest BCUT2D eigenvalue weighted by Crippen LogP contribution is 2.38. The minimum Gasteiger partial charge on any atom is -0.488 e. The number of nitriles is 1. The van der Waals surface area contributed by atoms with Crippen molar-refractivity contribution in [2.24, 2.45) is 0 Å². The second-order valence-corrected chi connectivity index (χ2v) is 4.80. The number of fused-ring (bicyclic) bond motifs is 3. The fourth-order valence-corrected chi connectivity index (χ4v) is 2.54. The summed E-state index contributed by atoms with van der Waals surface area (Å²) in [6.07, 6.45) is 0. The highest BCUT2D eigenvalue weighted by molar-refractivity contribution is 9.08. The van der Waals surface area contributed by atoms with E-state index < -0.39 is 0 Å². The van der Waals surface area contributed by atoms with Crippen molar-refractivity contribution < 1.29 is 4.74 Å². The second kappa shape index (κ2) is 4.47. The molecule has 88 valence electrons. The number of halogens is 1. The maximum Gasteiger partial charge on any atom is 0.127 e. The Balaban J connectivity index is 2.15. The normalized spacial score (nSPS) is 12.0. The highest BCUT2D eigenvalue weighted by atomic mass is 79.9. The lowest BCUT2D eigenvalue weighted by Crippen LogP contribution is -2.06. The number of ether oxygens (including phenoxy) is 1. The maximum absolute atomic E-state index is 8.91. The molecule has 1 aliphatic heterocycles. The summed E-state index contributed by atoms with van der Waals surface area (Å²) in [5, 5.41) is 9.73. The molecule has 0 unspecified atom stereocenters. The van der Waals surface area contributed by atoms with Crippen LogP contribution in [-0.2, 0) is 11.9 Å². The average Bonchev–Trinajstić information content (AvgIpc) is 2.45. The van der Waals surface area contributed by atoms with Gasteiger partial charge in [-0.25, -0.2) is 0 Å². The van der Waals surface area contributed by atoms with Gasteiger partial charge in [0.15, 0.2) is 0 Å². The molecule has 0 amide bonds. The SMILES string of the molecule is N#Cc1ccc2c(c1)COc1cc(CBr)ccc1-2. The van der Waals surface area contributed by atoms with Crippen molar-refractivity contribution in [2.75, 3.05) is 0 Å². The summed E-state index contributed by atoms with van der Waals surface area (Å²) in [4.78, 5) is 0. The zero-order valence-electron chi connectivity index (χ0n) is 9.61. The van der Waals surface area contributed by atoms with Crippen molar-refractivity contribution in [1.82, 2.24) is 0 Å². The molecule has 1 heterocycles. The van der Waals surface area contributed by atoms with Crippen LogP contribution in [0.5, 0.6) is 5.75 Å². The number of hydrogen-bond acceptors (Lipinski definition) is 2. The van der Waals surface area contributed by atoms with Gasteiger partial charge in [0.05, 0.1) is 11.6 Å². The van der Waals surface area contributed by atoms with Gasteiger partial charge in [-0.3, -0.25) is 0 Å². The Kier molecular flexibility index (Phi) is 2.81. The zero-order valence-corrected chi connectivity index (χ0v) is 11.2. The van der Waals surface area contributed by atoms with Crippen LogP contribution in [-0.4, -0.2) is 0 Å². The first kappa shape index (κ1) is 11.3. The third-order valence-electron chi connectivity index (χ3n) is 3.11. The first-order valence-electron chi connectivity index (χ1n) is 5.67. The summed E-state index contributed by atoms with van der Waals surface area (Å²) in [7, 11) is 0. The van der Waals surface area contributed by atoms with Crippen LogP contribution in [0.1, 0.15) is 16.7 Å². The number of hydrogen-bond donors (Lipinski definition) is 0. The number of benzene rings is 2. The van der Waals surface area contributed by atoms with Crippen molar-refractivity contribution in [3.05, 3.63) is 53.1 Å². The van der Waals surface area contributed by atoms with Crippen molar-refractivity contribution >= 4 is 15.9 Å².